The van der Waals surface area contributed by atoms with Gasteiger partial charge in [0.1, 0.15) is 10.7 Å². The van der Waals surface area contributed by atoms with Crippen LogP contribution < -0.4 is 0 Å². The van der Waals surface area contributed by atoms with Gasteiger partial charge in [-0.05, 0) is 55.7 Å². The van der Waals surface area contributed by atoms with Crippen LogP contribution in [0.3, 0.4) is 0 Å². The molecule has 2 aliphatic rings. The van der Waals surface area contributed by atoms with E-state index in [0.29, 0.717) is 17.1 Å². The Hall–Kier alpha value is -3.48. The van der Waals surface area contributed by atoms with Crippen LogP contribution in [0.5, 0.6) is 0 Å². The number of ketones is 1. The molecule has 0 unspecified atom stereocenters. The maximum Gasteiger partial charge on any atom is 0.246 e. The number of sulfonamides is 1. The quantitative estimate of drug-likeness (QED) is 0.361. The highest BCUT2D eigenvalue weighted by Gasteiger charge is 2.51. The minimum Gasteiger partial charge on any atom is -0.290 e. The summed E-state index contributed by atoms with van der Waals surface area (Å²) in [5.41, 5.74) is 2.06. The van der Waals surface area contributed by atoms with E-state index in [2.05, 4.69) is 15.2 Å². The SMILES string of the molecule is Cc1cnc(C(=O)[C@]23Cc4cnn(-c5ccc(F)cc5)c4C=C2CCN(S(=O)(=O)c2cnn(C)c2)C3)s1. The molecule has 12 heteroatoms. The number of aryl methyl sites for hydroxylation is 2. The van der Waals surface area contributed by atoms with Crippen molar-refractivity contribution in [1.29, 1.82) is 0 Å². The Bertz CT molecular complexity index is 1670. The Morgan fingerprint density at radius 3 is 2.59 bits per heavy atom. The predicted octanol–water partition coefficient (Wildman–Crippen LogP) is 3.41. The van der Waals surface area contributed by atoms with Gasteiger partial charge in [0.15, 0.2) is 5.01 Å². The molecule has 0 spiro atoms. The van der Waals surface area contributed by atoms with Gasteiger partial charge in [0.25, 0.3) is 0 Å². The van der Waals surface area contributed by atoms with Crippen LogP contribution in [0.2, 0.25) is 0 Å². The smallest absolute Gasteiger partial charge is 0.246 e. The van der Waals surface area contributed by atoms with E-state index in [1.807, 2.05) is 13.0 Å². The number of fused-ring (bicyclic) bond motifs is 2. The molecule has 0 bridgehead atoms. The highest BCUT2D eigenvalue weighted by atomic mass is 32.2. The minimum absolute atomic E-state index is 0.00527. The Balaban J connectivity index is 1.45. The summed E-state index contributed by atoms with van der Waals surface area (Å²) in [5, 5.41) is 8.90. The van der Waals surface area contributed by atoms with Gasteiger partial charge in [0.05, 0.1) is 29.2 Å². The fourth-order valence-corrected chi connectivity index (χ4v) is 7.44. The molecule has 4 heterocycles. The van der Waals surface area contributed by atoms with Crippen molar-refractivity contribution in [2.24, 2.45) is 12.5 Å². The number of halogens is 1. The molecule has 1 aliphatic carbocycles. The van der Waals surface area contributed by atoms with Gasteiger partial charge in [0, 0.05) is 37.4 Å². The van der Waals surface area contributed by atoms with E-state index >= 15 is 0 Å². The molecule has 9 nitrogen and oxygen atoms in total. The van der Waals surface area contributed by atoms with Gasteiger partial charge in [-0.2, -0.15) is 14.5 Å². The highest BCUT2D eigenvalue weighted by Crippen LogP contribution is 2.47. The first-order valence-corrected chi connectivity index (χ1v) is 13.9. The maximum atomic E-state index is 14.1. The molecule has 4 aromatic rings. The molecule has 1 saturated heterocycles. The summed E-state index contributed by atoms with van der Waals surface area (Å²) in [6.07, 6.45) is 8.75. The molecular formula is C25H23FN6O3S2. The highest BCUT2D eigenvalue weighted by molar-refractivity contribution is 7.89. The lowest BCUT2D eigenvalue weighted by atomic mass is 9.66. The molecule has 1 atom stereocenters. The Labute approximate surface area is 216 Å². The van der Waals surface area contributed by atoms with Crippen molar-refractivity contribution in [1.82, 2.24) is 28.9 Å². The Morgan fingerprint density at radius 1 is 1.14 bits per heavy atom. The van der Waals surface area contributed by atoms with Crippen molar-refractivity contribution >= 4 is 33.2 Å². The second kappa shape index (κ2) is 8.54. The fourth-order valence-electron chi connectivity index (χ4n) is 5.15. The van der Waals surface area contributed by atoms with Crippen LogP contribution in [-0.4, -0.2) is 56.1 Å². The first kappa shape index (κ1) is 23.9. The number of aromatic nitrogens is 5. The molecule has 190 valence electrons. The number of hydrogen-bond donors (Lipinski definition) is 0. The molecule has 1 aromatic carbocycles. The molecule has 0 radical (unpaired) electrons. The van der Waals surface area contributed by atoms with Crippen LogP contribution in [0.4, 0.5) is 4.39 Å². The number of carbonyl (C=O) groups is 1. The van der Waals surface area contributed by atoms with Gasteiger partial charge in [0.2, 0.25) is 15.8 Å². The normalized spacial score (nSPS) is 19.8. The lowest BCUT2D eigenvalue weighted by molar-refractivity contribution is 0.0775. The van der Waals surface area contributed by atoms with Crippen molar-refractivity contribution in [3.8, 4) is 5.69 Å². The average Bonchev–Trinajstić information content (AvgIpc) is 3.62. The average molecular weight is 539 g/mol. The van der Waals surface area contributed by atoms with Gasteiger partial charge in [-0.3, -0.25) is 9.48 Å². The summed E-state index contributed by atoms with van der Waals surface area (Å²) < 4.78 is 45.1. The number of Topliss-reactive ketones (excluding diaryl/α,β-unsaturated/α-hetero) is 1. The van der Waals surface area contributed by atoms with E-state index < -0.39 is 15.4 Å². The standard InChI is InChI=1S/C25H23FN6O3S2/c1-16-11-27-24(36-16)23(33)25-10-17-12-29-32(20-5-3-19(26)4-6-20)22(17)9-18(25)7-8-31(15-25)37(34,35)21-13-28-30(2)14-21/h3-6,9,11-14H,7-8,10,15H2,1-2H3/t25-/m0/s1. The second-order valence-corrected chi connectivity index (χ2v) is 12.6. The number of benzene rings is 1. The van der Waals surface area contributed by atoms with Crippen LogP contribution in [-0.2, 0) is 23.5 Å². The zero-order valence-corrected chi connectivity index (χ0v) is 21.8. The third kappa shape index (κ3) is 3.87. The molecule has 0 N–H and O–H groups in total. The number of nitrogens with zero attached hydrogens (tertiary/aromatic N) is 6. The van der Waals surface area contributed by atoms with Crippen molar-refractivity contribution in [2.45, 2.75) is 24.7 Å². The first-order valence-electron chi connectivity index (χ1n) is 11.7. The number of hydrogen-bond acceptors (Lipinski definition) is 7. The molecule has 6 rings (SSSR count). The summed E-state index contributed by atoms with van der Waals surface area (Å²) in [7, 11) is -2.20. The molecule has 0 saturated carbocycles. The van der Waals surface area contributed by atoms with Crippen molar-refractivity contribution in [2.75, 3.05) is 13.1 Å². The van der Waals surface area contributed by atoms with Crippen molar-refractivity contribution < 1.29 is 17.6 Å². The minimum atomic E-state index is -3.86. The lowest BCUT2D eigenvalue weighted by Gasteiger charge is -2.44. The summed E-state index contributed by atoms with van der Waals surface area (Å²) in [5.74, 6) is -0.531. The molecular weight excluding hydrogens is 515 g/mol. The molecule has 3 aromatic heterocycles. The zero-order valence-electron chi connectivity index (χ0n) is 20.1. The van der Waals surface area contributed by atoms with Gasteiger partial charge < -0.3 is 0 Å². The van der Waals surface area contributed by atoms with Crippen LogP contribution in [0.15, 0.2) is 59.5 Å². The Morgan fingerprint density at radius 2 is 1.92 bits per heavy atom. The van der Waals surface area contributed by atoms with E-state index in [9.17, 15) is 17.6 Å². The molecule has 37 heavy (non-hydrogen) atoms. The van der Waals surface area contributed by atoms with Gasteiger partial charge in [-0.15, -0.1) is 11.3 Å². The number of piperidine rings is 1. The largest absolute Gasteiger partial charge is 0.290 e. The van der Waals surface area contributed by atoms with Crippen LogP contribution in [0.1, 0.15) is 32.4 Å². The second-order valence-electron chi connectivity index (χ2n) is 9.42. The van der Waals surface area contributed by atoms with E-state index in [-0.39, 0.29) is 36.0 Å². The zero-order chi connectivity index (χ0) is 25.9. The van der Waals surface area contributed by atoms with Gasteiger partial charge >= 0.3 is 0 Å². The first-order chi connectivity index (χ1) is 17.7. The van der Waals surface area contributed by atoms with E-state index in [0.717, 1.165) is 21.7 Å². The summed E-state index contributed by atoms with van der Waals surface area (Å²) >= 11 is 1.31. The van der Waals surface area contributed by atoms with Crippen molar-refractivity contribution in [3.05, 3.63) is 81.6 Å². The van der Waals surface area contributed by atoms with Crippen molar-refractivity contribution in [3.63, 3.8) is 0 Å². The van der Waals surface area contributed by atoms with Gasteiger partial charge in [-0.25, -0.2) is 22.5 Å². The van der Waals surface area contributed by atoms with Gasteiger partial charge in [-0.1, -0.05) is 5.57 Å². The summed E-state index contributed by atoms with van der Waals surface area (Å²) in [4.78, 5) is 19.5. The Kier molecular flexibility index (Phi) is 5.51. The van der Waals surface area contributed by atoms with Crippen LogP contribution >= 0.6 is 11.3 Å². The number of carbonyl (C=O) groups excluding carboxylic acids is 1. The van der Waals surface area contributed by atoms with Crippen LogP contribution in [0.25, 0.3) is 11.8 Å². The molecule has 1 aliphatic heterocycles. The summed E-state index contributed by atoms with van der Waals surface area (Å²) in [6, 6.07) is 6.05. The van der Waals surface area contributed by atoms with E-state index in [1.54, 1.807) is 36.3 Å². The fraction of sp³-hybridized carbons (Fsp3) is 0.280. The third-order valence-corrected chi connectivity index (χ3v) is 9.73. The van der Waals surface area contributed by atoms with E-state index in [4.69, 9.17) is 0 Å². The maximum absolute atomic E-state index is 14.1. The number of rotatable bonds is 5. The third-order valence-electron chi connectivity index (χ3n) is 7.02. The molecule has 0 amide bonds. The summed E-state index contributed by atoms with van der Waals surface area (Å²) in [6.45, 7) is 2.11. The van der Waals surface area contributed by atoms with E-state index in [1.165, 1.54) is 44.9 Å². The predicted molar refractivity (Wildman–Crippen MR) is 135 cm³/mol. The number of thiazole rings is 1. The topological polar surface area (TPSA) is 103 Å². The monoisotopic (exact) mass is 538 g/mol. The van der Waals surface area contributed by atoms with Crippen LogP contribution in [0, 0.1) is 18.2 Å². The lowest BCUT2D eigenvalue weighted by Crippen LogP contribution is -2.53. The molecule has 1 fully saturated rings.